The normalized spacial score (nSPS) is 12.7. The number of aryl methyl sites for hydroxylation is 1. The minimum atomic E-state index is -0.818. The summed E-state index contributed by atoms with van der Waals surface area (Å²) in [6, 6.07) is 59.4. The molecule has 0 saturated carbocycles. The van der Waals surface area contributed by atoms with Crippen LogP contribution in [0.5, 0.6) is 0 Å². The molecule has 0 bridgehead atoms. The maximum Gasteiger partial charge on any atom is 0.257 e. The number of carbonyl (C=O) groups is 7. The number of rotatable bonds is 19. The van der Waals surface area contributed by atoms with Crippen LogP contribution in [0.3, 0.4) is 0 Å². The van der Waals surface area contributed by atoms with Crippen LogP contribution < -0.4 is 66.7 Å². The van der Waals surface area contributed by atoms with E-state index in [0.717, 1.165) is 88.2 Å². The van der Waals surface area contributed by atoms with Crippen molar-refractivity contribution in [3.8, 4) is 55.6 Å². The number of carbonyl (C=O) groups excluding carboxylic acids is 7. The minimum absolute atomic E-state index is 0.0340. The van der Waals surface area contributed by atoms with E-state index < -0.39 is 29.7 Å². The van der Waals surface area contributed by atoms with Crippen LogP contribution in [-0.4, -0.2) is 159 Å². The molecule has 2 aliphatic heterocycles. The molecular weight excluding hydrogens is 1720 g/mol. The van der Waals surface area contributed by atoms with Gasteiger partial charge in [0.1, 0.15) is 64.2 Å². The highest BCUT2D eigenvalue weighted by Gasteiger charge is 2.26. The summed E-state index contributed by atoms with van der Waals surface area (Å²) < 4.78 is 72.6. The molecule has 6 aromatic heterocycles. The predicted molar refractivity (Wildman–Crippen MR) is 511 cm³/mol. The zero-order chi connectivity index (χ0) is 95.0. The molecule has 7 amide bonds. The summed E-state index contributed by atoms with van der Waals surface area (Å²) in [5, 5.41) is 20.1. The number of likely N-dealkylation sites (N-methyl/N-ethyl adjacent to an activating group) is 1. The standard InChI is InChI=1S/C23H26FN5O.C22H17FN4O.C19H17FN4O2.C19H16FN3O2.C18H15FN4O2/c1-28-9-11-29(12-10-28)8-7-26-23(30)21-15-27-22(25)20-14-17(5-6-19(20)21)16-3-2-4-18(24)13-16;1-13-7-17(11-25-10-13)27-22(28)20-12-26-21(24)19-9-15(5-6-18(19)20)14-3-2-4-16(23)8-14;1-10(18(22)25)24-19(26)16-9-23-17(21)15-8-12(5-6-14(15)16)11-3-2-4-13(20)7-11;20-13-3-1-2-11(6-13)12-4-5-15-16(7-12)18(21)22-8-17(15)19(24)23-14-9-25-10-14;19-12-3-1-2-10(6-12)11-4-5-13-14(7-11)17(21)22-8-15(13)18(25)23-9-16(20)24/h2-6,13-15H,7-12H2,1H3,(H2,25,27)(H,26,30);2-12H,1H3,(H2,24,26)(H,27,28);2-10H,1H3,(H2,21,23)(H2,22,25)(H,24,26);1-8,14H,9-10H2,(H2,21,22)(H,23,24);1-8H,9H2,(H2,20,24)(H2,21,22)(H,23,25)/t;;10-;;/m..0../s1. The van der Waals surface area contributed by atoms with Crippen LogP contribution in [0.25, 0.3) is 109 Å². The summed E-state index contributed by atoms with van der Waals surface area (Å²) in [6.45, 7) is 9.70. The van der Waals surface area contributed by atoms with Gasteiger partial charge in [-0.2, -0.15) is 0 Å². The number of benzene rings is 10. The Balaban J connectivity index is 0.000000135. The van der Waals surface area contributed by atoms with Gasteiger partial charge in [-0.05, 0) is 206 Å². The third kappa shape index (κ3) is 22.9. The molecule has 33 heteroatoms. The minimum Gasteiger partial charge on any atom is -0.383 e. The van der Waals surface area contributed by atoms with Gasteiger partial charge < -0.3 is 76.4 Å². The summed E-state index contributed by atoms with van der Waals surface area (Å²) >= 11 is 0. The molecule has 19 N–H and O–H groups in total. The van der Waals surface area contributed by atoms with Gasteiger partial charge in [0, 0.05) is 103 Å². The van der Waals surface area contributed by atoms with Gasteiger partial charge in [0.15, 0.2) is 0 Å². The smallest absolute Gasteiger partial charge is 0.257 e. The first-order chi connectivity index (χ1) is 64.4. The van der Waals surface area contributed by atoms with Crippen molar-refractivity contribution in [2.24, 2.45) is 11.5 Å². The van der Waals surface area contributed by atoms with E-state index in [1.165, 1.54) is 98.6 Å². The van der Waals surface area contributed by atoms with Crippen LogP contribution >= 0.6 is 0 Å². The second-order valence-electron chi connectivity index (χ2n) is 31.7. The maximum atomic E-state index is 13.6. The average molecular weight is 1810 g/mol. The van der Waals surface area contributed by atoms with Crippen LogP contribution in [0, 0.1) is 36.0 Å². The molecule has 2 aliphatic rings. The molecule has 10 aromatic carbocycles. The molecule has 678 valence electrons. The van der Waals surface area contributed by atoms with Crippen molar-refractivity contribution in [3.63, 3.8) is 0 Å². The monoisotopic (exact) mass is 1810 g/mol. The van der Waals surface area contributed by atoms with Crippen molar-refractivity contribution >= 4 is 130 Å². The molecular formula is C101H91F5N20O8. The van der Waals surface area contributed by atoms with E-state index in [0.29, 0.717) is 119 Å². The predicted octanol–water partition coefficient (Wildman–Crippen LogP) is 14.0. The van der Waals surface area contributed by atoms with Crippen molar-refractivity contribution in [3.05, 3.63) is 324 Å². The molecule has 0 unspecified atom stereocenters. The van der Waals surface area contributed by atoms with Crippen molar-refractivity contribution in [1.29, 1.82) is 0 Å². The highest BCUT2D eigenvalue weighted by molar-refractivity contribution is 6.16. The van der Waals surface area contributed by atoms with Gasteiger partial charge >= 0.3 is 0 Å². The molecule has 1 atom stereocenters. The lowest BCUT2D eigenvalue weighted by atomic mass is 9.99. The first kappa shape index (κ1) is 93.4. The number of nitrogens with zero attached hydrogens (tertiary/aromatic N) is 8. The Labute approximate surface area is 764 Å². The van der Waals surface area contributed by atoms with Crippen LogP contribution in [0.4, 0.5) is 56.7 Å². The summed E-state index contributed by atoms with van der Waals surface area (Å²) in [6.07, 6.45) is 10.4. The third-order valence-corrected chi connectivity index (χ3v) is 22.2. The van der Waals surface area contributed by atoms with Crippen molar-refractivity contribution in [2.75, 3.05) is 100 Å². The lowest BCUT2D eigenvalue weighted by Gasteiger charge is -2.32. The fourth-order valence-electron chi connectivity index (χ4n) is 15.0. The number of halogens is 5. The lowest BCUT2D eigenvalue weighted by molar-refractivity contribution is -0.119. The number of hydrogen-bond donors (Lipinski definition) is 12. The van der Waals surface area contributed by atoms with Crippen LogP contribution in [0.2, 0.25) is 0 Å². The number of piperazine rings is 1. The Hall–Kier alpha value is -16.8. The van der Waals surface area contributed by atoms with Gasteiger partial charge in [-0.25, -0.2) is 46.9 Å². The van der Waals surface area contributed by atoms with E-state index in [2.05, 4.69) is 73.3 Å². The molecule has 2 fully saturated rings. The van der Waals surface area contributed by atoms with E-state index in [1.807, 2.05) is 79.7 Å². The van der Waals surface area contributed by atoms with Gasteiger partial charge in [-0.15, -0.1) is 0 Å². The molecule has 0 aliphatic carbocycles. The zero-order valence-electron chi connectivity index (χ0n) is 72.6. The number of nitrogen functional groups attached to an aromatic ring is 5. The van der Waals surface area contributed by atoms with E-state index in [1.54, 1.807) is 97.3 Å². The molecule has 16 aromatic rings. The van der Waals surface area contributed by atoms with E-state index in [4.69, 9.17) is 44.9 Å². The first-order valence-corrected chi connectivity index (χ1v) is 42.1. The van der Waals surface area contributed by atoms with Gasteiger partial charge in [0.2, 0.25) is 11.8 Å². The second-order valence-corrected chi connectivity index (χ2v) is 31.7. The number of primary amides is 2. The van der Waals surface area contributed by atoms with Crippen LogP contribution in [-0.2, 0) is 14.3 Å². The Morgan fingerprint density at radius 2 is 0.709 bits per heavy atom. The Bertz CT molecular complexity index is 7210. The topological polar surface area (TPSA) is 455 Å². The number of aromatic nitrogens is 6. The first-order valence-electron chi connectivity index (χ1n) is 42.1. The molecule has 8 heterocycles. The van der Waals surface area contributed by atoms with Crippen LogP contribution in [0.15, 0.2) is 262 Å². The summed E-state index contributed by atoms with van der Waals surface area (Å²) in [5.41, 5.74) is 51.2. The van der Waals surface area contributed by atoms with Gasteiger partial charge in [0.25, 0.3) is 29.5 Å². The van der Waals surface area contributed by atoms with Crippen molar-refractivity contribution in [1.82, 2.24) is 61.0 Å². The lowest BCUT2D eigenvalue weighted by Crippen LogP contribution is -2.48. The maximum absolute atomic E-state index is 13.6. The highest BCUT2D eigenvalue weighted by Crippen LogP contribution is 2.36. The largest absolute Gasteiger partial charge is 0.383 e. The molecule has 0 radical (unpaired) electrons. The zero-order valence-corrected chi connectivity index (χ0v) is 72.6. The number of nitrogens with one attached hydrogen (secondary N) is 5. The van der Waals surface area contributed by atoms with Gasteiger partial charge in [-0.3, -0.25) is 43.4 Å². The SMILES string of the molecule is CN1CCN(CCNC(=O)c2cnc(N)c3cc(-c4cccc(F)c4)ccc23)CC1.C[C@H](NC(=O)c1cnc(N)c2cc(-c3cccc(F)c3)ccc12)C(N)=O.Cc1cncc(NC(=O)c2cnc(N)c3cc(-c4cccc(F)c4)ccc23)c1.NC(=O)CNC(=O)c1cnc(N)c2cc(-c3cccc(F)c3)ccc12.Nc1ncc(C(=O)NC2COC2)c2ccc(-c3cccc(F)c3)cc12. The number of pyridine rings is 6. The quantitative estimate of drug-likeness (QED) is 0.0335. The second kappa shape index (κ2) is 42.2. The van der Waals surface area contributed by atoms with Crippen LogP contribution in [0.1, 0.15) is 64.3 Å². The fraction of sp³-hybridized carbons (Fsp3) is 0.139. The summed E-state index contributed by atoms with van der Waals surface area (Å²) in [7, 11) is 2.12. The van der Waals surface area contributed by atoms with Crippen molar-refractivity contribution < 1.29 is 60.3 Å². The number of anilines is 6. The third-order valence-electron chi connectivity index (χ3n) is 22.2. The van der Waals surface area contributed by atoms with E-state index in [-0.39, 0.29) is 82.2 Å². The van der Waals surface area contributed by atoms with Crippen molar-refractivity contribution in [2.45, 2.75) is 25.9 Å². The summed E-state index contributed by atoms with van der Waals surface area (Å²) in [4.78, 5) is 114. The number of nitrogens with two attached hydrogens (primary N) is 7. The molecule has 0 spiro atoms. The van der Waals surface area contributed by atoms with E-state index in [9.17, 15) is 55.5 Å². The Morgan fingerprint density at radius 3 is 1.02 bits per heavy atom. The number of ether oxygens (including phenoxy) is 1. The molecule has 2 saturated heterocycles. The fourth-order valence-corrected chi connectivity index (χ4v) is 15.0. The average Bonchev–Trinajstić information content (AvgIpc) is 0.793. The molecule has 18 rings (SSSR count). The molecule has 28 nitrogen and oxygen atoms in total. The number of fused-ring (bicyclic) bond motifs is 5. The number of amides is 7. The molecule has 134 heavy (non-hydrogen) atoms. The van der Waals surface area contributed by atoms with Gasteiger partial charge in [-0.1, -0.05) is 121 Å². The number of hydrogen-bond acceptors (Lipinski definition) is 21. The highest BCUT2D eigenvalue weighted by atomic mass is 19.1. The van der Waals surface area contributed by atoms with E-state index >= 15 is 0 Å². The Kier molecular flexibility index (Phi) is 29.4. The Morgan fingerprint density at radius 1 is 0.388 bits per heavy atom. The van der Waals surface area contributed by atoms with Gasteiger partial charge in [0.05, 0.1) is 65.5 Å². The summed E-state index contributed by atoms with van der Waals surface area (Å²) in [5.74, 6) is -3.04.